The van der Waals surface area contributed by atoms with Crippen LogP contribution in [0.5, 0.6) is 0 Å². The van der Waals surface area contributed by atoms with Crippen LogP contribution in [0.25, 0.3) is 0 Å². The summed E-state index contributed by atoms with van der Waals surface area (Å²) in [4.78, 5) is 16.2. The van der Waals surface area contributed by atoms with E-state index in [4.69, 9.17) is 11.6 Å². The molecular weight excluding hydrogens is 326 g/mol. The maximum absolute atomic E-state index is 12.4. The zero-order chi connectivity index (χ0) is 16.3. The van der Waals surface area contributed by atoms with Gasteiger partial charge >= 0.3 is 0 Å². The monoisotopic (exact) mass is 345 g/mol. The van der Waals surface area contributed by atoms with Gasteiger partial charge in [0.05, 0.1) is 11.9 Å². The van der Waals surface area contributed by atoms with Crippen molar-refractivity contribution in [3.63, 3.8) is 0 Å². The molecule has 0 aliphatic carbocycles. The Kier molecular flexibility index (Phi) is 5.31. The van der Waals surface area contributed by atoms with Crippen LogP contribution in [0.3, 0.4) is 0 Å². The zero-order valence-electron chi connectivity index (χ0n) is 12.7. The highest BCUT2D eigenvalue weighted by atomic mass is 35.5. The maximum Gasteiger partial charge on any atom is 0.243 e. The molecule has 1 amide bonds. The number of hydrogen-bond donors (Lipinski definition) is 0. The Morgan fingerprint density at radius 3 is 2.45 bits per heavy atom. The van der Waals surface area contributed by atoms with Crippen molar-refractivity contribution in [1.29, 1.82) is 0 Å². The van der Waals surface area contributed by atoms with Gasteiger partial charge in [0.1, 0.15) is 6.54 Å². The summed E-state index contributed by atoms with van der Waals surface area (Å²) in [6.07, 6.45) is 1.09. The molecule has 0 bridgehead atoms. The quantitative estimate of drug-likeness (QED) is 0.812. The summed E-state index contributed by atoms with van der Waals surface area (Å²) in [6.45, 7) is 2.61. The third-order valence-electron chi connectivity index (χ3n) is 3.63. The molecule has 0 atom stereocenters. The molecule has 1 aliphatic rings. The van der Waals surface area contributed by atoms with E-state index >= 15 is 0 Å². The van der Waals surface area contributed by atoms with E-state index in [-0.39, 0.29) is 12.5 Å². The molecule has 0 spiro atoms. The fourth-order valence-corrected chi connectivity index (χ4v) is 3.34. The summed E-state index contributed by atoms with van der Waals surface area (Å²) >= 11 is 5.92. The van der Waals surface area contributed by atoms with E-state index in [1.807, 2.05) is 7.05 Å². The van der Waals surface area contributed by atoms with Gasteiger partial charge in [0.15, 0.2) is 0 Å². The lowest BCUT2D eigenvalue weighted by atomic mass is 10.3. The van der Waals surface area contributed by atoms with Crippen LogP contribution in [0.1, 0.15) is 0 Å². The van der Waals surface area contributed by atoms with Gasteiger partial charge in [0.25, 0.3) is 0 Å². The molecule has 1 saturated heterocycles. The fourth-order valence-electron chi connectivity index (χ4n) is 2.31. The van der Waals surface area contributed by atoms with Crippen molar-refractivity contribution < 1.29 is 13.2 Å². The minimum atomic E-state index is -3.56. The first-order valence-electron chi connectivity index (χ1n) is 6.97. The molecule has 1 fully saturated rings. The van der Waals surface area contributed by atoms with Crippen LogP contribution >= 0.6 is 11.6 Å². The van der Waals surface area contributed by atoms with Crippen molar-refractivity contribution in [2.75, 3.05) is 50.3 Å². The van der Waals surface area contributed by atoms with Gasteiger partial charge in [-0.3, -0.25) is 9.10 Å². The van der Waals surface area contributed by atoms with E-state index in [1.54, 1.807) is 29.2 Å². The lowest BCUT2D eigenvalue weighted by Gasteiger charge is -2.34. The van der Waals surface area contributed by atoms with E-state index in [0.717, 1.165) is 23.7 Å². The number of rotatable bonds is 4. The molecule has 0 aromatic heterocycles. The first kappa shape index (κ1) is 17.1. The van der Waals surface area contributed by atoms with E-state index in [1.165, 1.54) is 0 Å². The van der Waals surface area contributed by atoms with Crippen LogP contribution in [0.4, 0.5) is 5.69 Å². The SMILES string of the molecule is CN1CCN(C(=O)CN(c2cccc(Cl)c2)S(C)(=O)=O)CC1. The van der Waals surface area contributed by atoms with Gasteiger partial charge in [-0.25, -0.2) is 8.42 Å². The van der Waals surface area contributed by atoms with E-state index in [2.05, 4.69) is 4.90 Å². The van der Waals surface area contributed by atoms with Crippen LogP contribution in [0, 0.1) is 0 Å². The van der Waals surface area contributed by atoms with Gasteiger partial charge < -0.3 is 9.80 Å². The Labute approximate surface area is 136 Å². The van der Waals surface area contributed by atoms with E-state index < -0.39 is 10.0 Å². The molecule has 122 valence electrons. The third kappa shape index (κ3) is 4.34. The summed E-state index contributed by atoms with van der Waals surface area (Å²) in [7, 11) is -1.57. The molecule has 8 heteroatoms. The first-order valence-corrected chi connectivity index (χ1v) is 9.19. The molecule has 1 aromatic carbocycles. The van der Waals surface area contributed by atoms with Crippen molar-refractivity contribution in [2.24, 2.45) is 0 Å². The number of likely N-dealkylation sites (N-methyl/N-ethyl adjacent to an activating group) is 1. The normalized spacial score (nSPS) is 16.6. The van der Waals surface area contributed by atoms with Crippen LogP contribution in [-0.4, -0.2) is 70.2 Å². The standard InChI is InChI=1S/C14H20ClN3O3S/c1-16-6-8-17(9-7-16)14(19)11-18(22(2,20)21)13-5-3-4-12(15)10-13/h3-5,10H,6-9,11H2,1-2H3. The highest BCUT2D eigenvalue weighted by Gasteiger charge is 2.25. The minimum absolute atomic E-state index is 0.196. The molecule has 0 N–H and O–H groups in total. The number of carbonyl (C=O) groups excluding carboxylic acids is 1. The summed E-state index contributed by atoms with van der Waals surface area (Å²) in [5, 5.41) is 0.429. The molecule has 6 nitrogen and oxygen atoms in total. The number of amides is 1. The number of piperazine rings is 1. The number of hydrogen-bond acceptors (Lipinski definition) is 4. The number of halogens is 1. The lowest BCUT2D eigenvalue weighted by molar-refractivity contribution is -0.131. The Morgan fingerprint density at radius 2 is 1.91 bits per heavy atom. The van der Waals surface area contributed by atoms with Crippen LogP contribution in [0.2, 0.25) is 5.02 Å². The van der Waals surface area contributed by atoms with Crippen molar-refractivity contribution in [3.05, 3.63) is 29.3 Å². The van der Waals surface area contributed by atoms with Crippen LogP contribution in [0.15, 0.2) is 24.3 Å². The summed E-state index contributed by atoms with van der Waals surface area (Å²) in [5.74, 6) is -0.196. The number of sulfonamides is 1. The lowest BCUT2D eigenvalue weighted by Crippen LogP contribution is -2.50. The number of nitrogens with zero attached hydrogens (tertiary/aromatic N) is 3. The van der Waals surface area contributed by atoms with Crippen molar-refractivity contribution in [2.45, 2.75) is 0 Å². The van der Waals surface area contributed by atoms with E-state index in [0.29, 0.717) is 23.8 Å². The van der Waals surface area contributed by atoms with E-state index in [9.17, 15) is 13.2 Å². The minimum Gasteiger partial charge on any atom is -0.339 e. The molecule has 0 saturated carbocycles. The third-order valence-corrected chi connectivity index (χ3v) is 5.01. The highest BCUT2D eigenvalue weighted by Crippen LogP contribution is 2.22. The second kappa shape index (κ2) is 6.85. The smallest absolute Gasteiger partial charge is 0.243 e. The second-order valence-corrected chi connectivity index (χ2v) is 7.78. The maximum atomic E-state index is 12.4. The molecule has 2 rings (SSSR count). The fraction of sp³-hybridized carbons (Fsp3) is 0.500. The van der Waals surface area contributed by atoms with Crippen molar-refractivity contribution in [1.82, 2.24) is 9.80 Å². The zero-order valence-corrected chi connectivity index (χ0v) is 14.3. The summed E-state index contributed by atoms with van der Waals surface area (Å²) < 4.78 is 25.1. The second-order valence-electron chi connectivity index (χ2n) is 5.43. The average molecular weight is 346 g/mol. The van der Waals surface area contributed by atoms with Gasteiger partial charge in [-0.1, -0.05) is 17.7 Å². The number of benzene rings is 1. The Bertz CT molecular complexity index is 642. The summed E-state index contributed by atoms with van der Waals surface area (Å²) in [6, 6.07) is 6.49. The van der Waals surface area contributed by atoms with Gasteiger partial charge in [-0.05, 0) is 25.2 Å². The first-order chi connectivity index (χ1) is 10.3. The molecule has 22 heavy (non-hydrogen) atoms. The molecule has 0 unspecified atom stereocenters. The molecule has 1 aliphatic heterocycles. The van der Waals surface area contributed by atoms with Gasteiger partial charge in [0.2, 0.25) is 15.9 Å². The Hall–Kier alpha value is -1.31. The van der Waals surface area contributed by atoms with Crippen LogP contribution < -0.4 is 4.31 Å². The summed E-state index contributed by atoms with van der Waals surface area (Å²) in [5.41, 5.74) is 0.400. The Morgan fingerprint density at radius 1 is 1.27 bits per heavy atom. The molecule has 1 heterocycles. The number of anilines is 1. The van der Waals surface area contributed by atoms with Gasteiger partial charge in [-0.2, -0.15) is 0 Å². The van der Waals surface area contributed by atoms with Crippen molar-refractivity contribution in [3.8, 4) is 0 Å². The molecule has 0 radical (unpaired) electrons. The van der Waals surface area contributed by atoms with Crippen molar-refractivity contribution >= 4 is 33.2 Å². The topological polar surface area (TPSA) is 60.9 Å². The van der Waals surface area contributed by atoms with Crippen LogP contribution in [-0.2, 0) is 14.8 Å². The number of carbonyl (C=O) groups is 1. The Balaban J connectivity index is 2.16. The average Bonchev–Trinajstić information content (AvgIpc) is 2.44. The largest absolute Gasteiger partial charge is 0.339 e. The molecular formula is C14H20ClN3O3S. The van der Waals surface area contributed by atoms with Gasteiger partial charge in [0, 0.05) is 31.2 Å². The predicted molar refractivity (Wildman–Crippen MR) is 87.7 cm³/mol. The molecule has 1 aromatic rings. The van der Waals surface area contributed by atoms with Gasteiger partial charge in [-0.15, -0.1) is 0 Å². The highest BCUT2D eigenvalue weighted by molar-refractivity contribution is 7.92. The predicted octanol–water partition coefficient (Wildman–Crippen LogP) is 0.880.